The number of carbonyl (C=O) groups excluding carboxylic acids is 1. The summed E-state index contributed by atoms with van der Waals surface area (Å²) in [5, 5.41) is 17.6. The highest BCUT2D eigenvalue weighted by atomic mass is 16.1. The van der Waals surface area contributed by atoms with Crippen LogP contribution in [0.1, 0.15) is 112 Å². The Labute approximate surface area is 226 Å². The molecule has 2 aliphatic heterocycles. The highest BCUT2D eigenvalue weighted by Crippen LogP contribution is 2.52. The number of nitrogens with one attached hydrogen (secondary N) is 1. The van der Waals surface area contributed by atoms with Crippen molar-refractivity contribution in [2.24, 2.45) is 27.7 Å². The Bertz CT molecular complexity index is 865. The standard InChI is InChI=1S/C31H53N5O/c1-29(2,3)28-31(34-28,30(4,5)6)23-27(33)36-19-8-18-35(21-22-36)20-16-25-13-11-24(12-14-25)9-7-10-26(37)15-17-32/h24-25,33H,7-16,18-23H2,1-6H3. The van der Waals surface area contributed by atoms with Crippen LogP contribution in [-0.2, 0) is 4.79 Å². The molecule has 2 heterocycles. The van der Waals surface area contributed by atoms with Crippen molar-refractivity contribution in [2.75, 3.05) is 32.7 Å². The largest absolute Gasteiger partial charge is 0.359 e. The number of aliphatic imine (C=N–C) groups is 1. The summed E-state index contributed by atoms with van der Waals surface area (Å²) in [5.41, 5.74) is 1.21. The molecule has 1 aliphatic carbocycles. The van der Waals surface area contributed by atoms with Crippen molar-refractivity contribution in [1.29, 1.82) is 10.7 Å². The zero-order valence-electron chi connectivity index (χ0n) is 24.7. The van der Waals surface area contributed by atoms with Crippen LogP contribution < -0.4 is 0 Å². The summed E-state index contributed by atoms with van der Waals surface area (Å²) < 4.78 is 0. The number of Topliss-reactive ketones (excluding diaryl/α,β-unsaturated/α-hetero) is 1. The van der Waals surface area contributed by atoms with Gasteiger partial charge in [0, 0.05) is 43.6 Å². The first kappa shape index (κ1) is 29.8. The second kappa shape index (κ2) is 12.4. The lowest BCUT2D eigenvalue weighted by Gasteiger charge is -2.35. The molecule has 0 spiro atoms. The highest BCUT2D eigenvalue weighted by molar-refractivity contribution is 6.12. The van der Waals surface area contributed by atoms with Gasteiger partial charge in [0.2, 0.25) is 0 Å². The van der Waals surface area contributed by atoms with Gasteiger partial charge in [-0.05, 0) is 49.6 Å². The lowest BCUT2D eigenvalue weighted by molar-refractivity contribution is -0.118. The van der Waals surface area contributed by atoms with Crippen LogP contribution >= 0.6 is 0 Å². The van der Waals surface area contributed by atoms with Gasteiger partial charge < -0.3 is 9.80 Å². The summed E-state index contributed by atoms with van der Waals surface area (Å²) >= 11 is 0. The fourth-order valence-electron chi connectivity index (χ4n) is 6.62. The molecule has 1 saturated heterocycles. The van der Waals surface area contributed by atoms with Crippen molar-refractivity contribution in [3.8, 4) is 6.07 Å². The Hall–Kier alpha value is -1.74. The van der Waals surface area contributed by atoms with Crippen molar-refractivity contribution < 1.29 is 4.79 Å². The van der Waals surface area contributed by atoms with E-state index in [0.29, 0.717) is 6.42 Å². The van der Waals surface area contributed by atoms with Gasteiger partial charge in [0.05, 0.1) is 18.3 Å². The van der Waals surface area contributed by atoms with E-state index in [-0.39, 0.29) is 28.6 Å². The topological polar surface area (TPSA) is 83.6 Å². The SMILES string of the molecule is CC(C)(C)C1=NC1(CC(=N)N1CCCN(CCC2CCC(CCCC(=O)CC#N)CC2)CC1)C(C)(C)C. The van der Waals surface area contributed by atoms with Crippen LogP contribution in [0, 0.1) is 39.4 Å². The minimum Gasteiger partial charge on any atom is -0.359 e. The second-order valence-electron chi connectivity index (χ2n) is 14.1. The van der Waals surface area contributed by atoms with Crippen molar-refractivity contribution in [1.82, 2.24) is 9.80 Å². The Morgan fingerprint density at radius 2 is 1.68 bits per heavy atom. The molecule has 1 unspecified atom stereocenters. The van der Waals surface area contributed by atoms with E-state index in [2.05, 4.69) is 51.3 Å². The summed E-state index contributed by atoms with van der Waals surface area (Å²) in [4.78, 5) is 21.6. The predicted octanol–water partition coefficient (Wildman–Crippen LogP) is 6.50. The number of ketones is 1. The fourth-order valence-corrected chi connectivity index (χ4v) is 6.62. The van der Waals surface area contributed by atoms with E-state index in [9.17, 15) is 4.79 Å². The quantitative estimate of drug-likeness (QED) is 0.268. The van der Waals surface area contributed by atoms with Crippen molar-refractivity contribution in [3.63, 3.8) is 0 Å². The minimum atomic E-state index is -0.181. The van der Waals surface area contributed by atoms with Crippen LogP contribution in [0.4, 0.5) is 0 Å². The molecule has 0 aromatic heterocycles. The van der Waals surface area contributed by atoms with Crippen LogP contribution in [-0.4, -0.2) is 65.4 Å². The number of nitrogens with zero attached hydrogens (tertiary/aromatic N) is 4. The molecule has 1 atom stereocenters. The van der Waals surface area contributed by atoms with Crippen molar-refractivity contribution in [3.05, 3.63) is 0 Å². The lowest BCUT2D eigenvalue weighted by atomic mass is 9.69. The summed E-state index contributed by atoms with van der Waals surface area (Å²) in [6.07, 6.45) is 11.2. The van der Waals surface area contributed by atoms with Crippen molar-refractivity contribution in [2.45, 2.75) is 118 Å². The molecule has 6 heteroatoms. The molecule has 3 rings (SSSR count). The maximum absolute atomic E-state index is 11.6. The van der Waals surface area contributed by atoms with E-state index >= 15 is 0 Å². The first-order valence-corrected chi connectivity index (χ1v) is 14.9. The molecule has 37 heavy (non-hydrogen) atoms. The fraction of sp³-hybridized carbons (Fsp3) is 0.871. The number of hydrogen-bond donors (Lipinski definition) is 1. The van der Waals surface area contributed by atoms with Gasteiger partial charge in [-0.3, -0.25) is 15.2 Å². The summed E-state index contributed by atoms with van der Waals surface area (Å²) in [6.45, 7) is 18.9. The second-order valence-corrected chi connectivity index (χ2v) is 14.1. The third-order valence-electron chi connectivity index (χ3n) is 9.15. The number of amidine groups is 1. The molecule has 1 N–H and O–H groups in total. The van der Waals surface area contributed by atoms with E-state index in [1.807, 2.05) is 6.07 Å². The Kier molecular flexibility index (Phi) is 10.00. The van der Waals surface area contributed by atoms with Crippen LogP contribution in [0.15, 0.2) is 4.99 Å². The number of nitriles is 1. The molecule has 0 aromatic rings. The van der Waals surface area contributed by atoms with Crippen LogP contribution in [0.5, 0.6) is 0 Å². The van der Waals surface area contributed by atoms with Crippen LogP contribution in [0.25, 0.3) is 0 Å². The average molecular weight is 512 g/mol. The van der Waals surface area contributed by atoms with Crippen molar-refractivity contribution >= 4 is 17.3 Å². The lowest BCUT2D eigenvalue weighted by Crippen LogP contribution is -2.45. The smallest absolute Gasteiger partial charge is 0.146 e. The van der Waals surface area contributed by atoms with Crippen LogP contribution in [0.3, 0.4) is 0 Å². The maximum Gasteiger partial charge on any atom is 0.146 e. The molecular weight excluding hydrogens is 458 g/mol. The molecule has 2 fully saturated rings. The predicted molar refractivity (Wildman–Crippen MR) is 153 cm³/mol. The van der Waals surface area contributed by atoms with E-state index in [0.717, 1.165) is 69.5 Å². The molecule has 208 valence electrons. The van der Waals surface area contributed by atoms with Gasteiger partial charge in [-0.25, -0.2) is 0 Å². The zero-order chi connectivity index (χ0) is 27.3. The number of hydrogen-bond acceptors (Lipinski definition) is 5. The van der Waals surface area contributed by atoms with Gasteiger partial charge in [-0.15, -0.1) is 0 Å². The molecule has 0 radical (unpaired) electrons. The summed E-state index contributed by atoms with van der Waals surface area (Å²) in [5.74, 6) is 2.48. The Morgan fingerprint density at radius 1 is 1.03 bits per heavy atom. The van der Waals surface area contributed by atoms with Gasteiger partial charge in [-0.1, -0.05) is 73.6 Å². The molecule has 0 amide bonds. The monoisotopic (exact) mass is 511 g/mol. The molecule has 6 nitrogen and oxygen atoms in total. The third-order valence-corrected chi connectivity index (χ3v) is 9.15. The summed E-state index contributed by atoms with van der Waals surface area (Å²) in [6, 6.07) is 1.97. The van der Waals surface area contributed by atoms with E-state index in [1.54, 1.807) is 0 Å². The number of rotatable bonds is 10. The Morgan fingerprint density at radius 3 is 2.24 bits per heavy atom. The number of carbonyl (C=O) groups is 1. The molecule has 0 bridgehead atoms. The minimum absolute atomic E-state index is 0.0353. The molecule has 1 saturated carbocycles. The Balaban J connectivity index is 1.37. The first-order chi connectivity index (χ1) is 17.4. The highest BCUT2D eigenvalue weighted by Gasteiger charge is 2.59. The zero-order valence-corrected chi connectivity index (χ0v) is 24.7. The molecule has 0 aromatic carbocycles. The van der Waals surface area contributed by atoms with E-state index in [4.69, 9.17) is 15.7 Å². The van der Waals surface area contributed by atoms with Gasteiger partial charge in [0.25, 0.3) is 0 Å². The van der Waals surface area contributed by atoms with Crippen LogP contribution in [0.2, 0.25) is 0 Å². The molecular formula is C31H53N5O. The normalized spacial score (nSPS) is 27.3. The third kappa shape index (κ3) is 8.12. The van der Waals surface area contributed by atoms with E-state index < -0.39 is 0 Å². The average Bonchev–Trinajstić information content (AvgIpc) is 3.59. The van der Waals surface area contributed by atoms with E-state index in [1.165, 1.54) is 44.4 Å². The van der Waals surface area contributed by atoms with Gasteiger partial charge in [-0.2, -0.15) is 5.26 Å². The maximum atomic E-state index is 11.6. The first-order valence-electron chi connectivity index (χ1n) is 14.9. The molecule has 3 aliphatic rings. The summed E-state index contributed by atoms with van der Waals surface area (Å²) in [7, 11) is 0. The van der Waals surface area contributed by atoms with Gasteiger partial charge >= 0.3 is 0 Å². The van der Waals surface area contributed by atoms with Gasteiger partial charge in [0.15, 0.2) is 0 Å². The van der Waals surface area contributed by atoms with Gasteiger partial charge in [0.1, 0.15) is 11.3 Å².